The highest BCUT2D eigenvalue weighted by Crippen LogP contribution is 2.35. The van der Waals surface area contributed by atoms with Gasteiger partial charge in [-0.2, -0.15) is 5.26 Å². The van der Waals surface area contributed by atoms with Crippen molar-refractivity contribution < 1.29 is 9.13 Å². The Bertz CT molecular complexity index is 677. The van der Waals surface area contributed by atoms with Gasteiger partial charge in [0, 0.05) is 5.56 Å². The van der Waals surface area contributed by atoms with E-state index in [0.717, 1.165) is 0 Å². The van der Waals surface area contributed by atoms with Crippen LogP contribution in [0.15, 0.2) is 34.8 Å². The van der Waals surface area contributed by atoms with Crippen LogP contribution in [0.25, 0.3) is 0 Å². The smallest absolute Gasteiger partial charge is 0.152 e. The fraction of sp³-hybridized carbons (Fsp3) is 0.0714. The minimum absolute atomic E-state index is 0.142. The summed E-state index contributed by atoms with van der Waals surface area (Å²) in [6.45, 7) is 0.142. The normalized spacial score (nSPS) is 10.2. The van der Waals surface area contributed by atoms with Crippen LogP contribution in [0, 0.1) is 17.1 Å². The predicted molar refractivity (Wildman–Crippen MR) is 79.6 cm³/mol. The van der Waals surface area contributed by atoms with Crippen LogP contribution in [-0.4, -0.2) is 0 Å². The third-order valence-corrected chi connectivity index (χ3v) is 3.74. The highest BCUT2D eigenvalue weighted by molar-refractivity contribution is 9.10. The monoisotopic (exact) mass is 373 g/mol. The molecule has 0 amide bonds. The minimum atomic E-state index is -0.406. The van der Waals surface area contributed by atoms with Crippen molar-refractivity contribution >= 4 is 39.1 Å². The van der Waals surface area contributed by atoms with Crippen LogP contribution in [0.3, 0.4) is 0 Å². The standard InChI is InChI=1S/C14H7BrCl2FNO/c15-11-3-8(6-19)4-13(17)14(11)20-7-9-1-2-10(18)5-12(9)16/h1-5H,7H2. The van der Waals surface area contributed by atoms with E-state index in [1.165, 1.54) is 18.2 Å². The highest BCUT2D eigenvalue weighted by atomic mass is 79.9. The minimum Gasteiger partial charge on any atom is -0.486 e. The SMILES string of the molecule is N#Cc1cc(Cl)c(OCc2ccc(F)cc2Cl)c(Br)c1. The molecule has 0 aliphatic carbocycles. The van der Waals surface area contributed by atoms with Crippen molar-refractivity contribution in [2.75, 3.05) is 0 Å². The molecule has 0 radical (unpaired) electrons. The lowest BCUT2D eigenvalue weighted by atomic mass is 10.2. The van der Waals surface area contributed by atoms with Crippen molar-refractivity contribution in [3.63, 3.8) is 0 Å². The van der Waals surface area contributed by atoms with E-state index in [2.05, 4.69) is 15.9 Å². The fourth-order valence-corrected chi connectivity index (χ4v) is 2.74. The Hall–Kier alpha value is -1.28. The lowest BCUT2D eigenvalue weighted by molar-refractivity contribution is 0.304. The van der Waals surface area contributed by atoms with Crippen LogP contribution in [0.2, 0.25) is 10.0 Å². The van der Waals surface area contributed by atoms with E-state index < -0.39 is 5.82 Å². The average Bonchev–Trinajstić information content (AvgIpc) is 2.39. The molecule has 20 heavy (non-hydrogen) atoms. The molecule has 2 nitrogen and oxygen atoms in total. The fourth-order valence-electron chi connectivity index (χ4n) is 1.55. The van der Waals surface area contributed by atoms with Gasteiger partial charge in [0.2, 0.25) is 0 Å². The molecular formula is C14H7BrCl2FNO. The van der Waals surface area contributed by atoms with Gasteiger partial charge in [-0.1, -0.05) is 29.3 Å². The first-order chi connectivity index (χ1) is 9.51. The molecule has 0 aliphatic rings. The van der Waals surface area contributed by atoms with Crippen molar-refractivity contribution in [1.82, 2.24) is 0 Å². The Labute approximate surface area is 133 Å². The molecule has 0 aromatic heterocycles. The first kappa shape index (κ1) is 15.1. The van der Waals surface area contributed by atoms with E-state index in [9.17, 15) is 4.39 Å². The predicted octanol–water partition coefficient (Wildman–Crippen LogP) is 5.35. The molecular weight excluding hydrogens is 368 g/mol. The molecule has 0 spiro atoms. The van der Waals surface area contributed by atoms with E-state index in [-0.39, 0.29) is 11.6 Å². The number of halogens is 4. The van der Waals surface area contributed by atoms with Gasteiger partial charge < -0.3 is 4.74 Å². The Kier molecular flexibility index (Phi) is 4.87. The quantitative estimate of drug-likeness (QED) is 0.725. The van der Waals surface area contributed by atoms with Gasteiger partial charge in [-0.15, -0.1) is 0 Å². The molecule has 0 atom stereocenters. The van der Waals surface area contributed by atoms with E-state index in [1.807, 2.05) is 6.07 Å². The highest BCUT2D eigenvalue weighted by Gasteiger charge is 2.11. The molecule has 0 saturated carbocycles. The summed E-state index contributed by atoms with van der Waals surface area (Å²) < 4.78 is 19.1. The summed E-state index contributed by atoms with van der Waals surface area (Å²) in [6.07, 6.45) is 0. The number of hydrogen-bond donors (Lipinski definition) is 0. The van der Waals surface area contributed by atoms with Gasteiger partial charge in [0.15, 0.2) is 5.75 Å². The Balaban J connectivity index is 2.21. The molecule has 2 rings (SSSR count). The van der Waals surface area contributed by atoms with Gasteiger partial charge in [-0.3, -0.25) is 0 Å². The summed E-state index contributed by atoms with van der Waals surface area (Å²) in [5.74, 6) is 0.00222. The van der Waals surface area contributed by atoms with Crippen LogP contribution in [0.5, 0.6) is 5.75 Å². The van der Waals surface area contributed by atoms with Crippen molar-refractivity contribution in [2.45, 2.75) is 6.61 Å². The maximum Gasteiger partial charge on any atom is 0.152 e. The second-order valence-electron chi connectivity index (χ2n) is 3.91. The Morgan fingerprint density at radius 1 is 1.20 bits per heavy atom. The molecule has 0 unspecified atom stereocenters. The summed E-state index contributed by atoms with van der Waals surface area (Å²) >= 11 is 15.2. The first-order valence-corrected chi connectivity index (χ1v) is 7.02. The van der Waals surface area contributed by atoms with Gasteiger partial charge in [0.25, 0.3) is 0 Å². The molecule has 0 bridgehead atoms. The molecule has 6 heteroatoms. The topological polar surface area (TPSA) is 33.0 Å². The number of rotatable bonds is 3. The van der Waals surface area contributed by atoms with Crippen LogP contribution in [0.1, 0.15) is 11.1 Å². The number of nitriles is 1. The van der Waals surface area contributed by atoms with E-state index in [4.69, 9.17) is 33.2 Å². The Morgan fingerprint density at radius 3 is 2.55 bits per heavy atom. The van der Waals surface area contributed by atoms with E-state index in [0.29, 0.717) is 26.4 Å². The number of ether oxygens (including phenoxy) is 1. The molecule has 102 valence electrons. The number of benzene rings is 2. The summed E-state index contributed by atoms with van der Waals surface area (Å²) in [7, 11) is 0. The van der Waals surface area contributed by atoms with Gasteiger partial charge in [-0.25, -0.2) is 4.39 Å². The van der Waals surface area contributed by atoms with Gasteiger partial charge in [0.1, 0.15) is 12.4 Å². The third-order valence-electron chi connectivity index (χ3n) is 2.51. The summed E-state index contributed by atoms with van der Waals surface area (Å²) in [6, 6.07) is 9.17. The Morgan fingerprint density at radius 2 is 1.95 bits per heavy atom. The molecule has 0 aliphatic heterocycles. The maximum atomic E-state index is 12.9. The first-order valence-electron chi connectivity index (χ1n) is 5.47. The van der Waals surface area contributed by atoms with Gasteiger partial charge in [0.05, 0.1) is 26.2 Å². The summed E-state index contributed by atoms with van der Waals surface area (Å²) in [5, 5.41) is 9.42. The van der Waals surface area contributed by atoms with Crippen molar-refractivity contribution in [1.29, 1.82) is 5.26 Å². The lowest BCUT2D eigenvalue weighted by Crippen LogP contribution is -1.98. The van der Waals surface area contributed by atoms with Crippen LogP contribution in [0.4, 0.5) is 4.39 Å². The molecule has 0 saturated heterocycles. The zero-order chi connectivity index (χ0) is 14.7. The van der Waals surface area contributed by atoms with E-state index in [1.54, 1.807) is 12.1 Å². The van der Waals surface area contributed by atoms with Crippen molar-refractivity contribution in [2.24, 2.45) is 0 Å². The zero-order valence-electron chi connectivity index (χ0n) is 9.96. The zero-order valence-corrected chi connectivity index (χ0v) is 13.1. The molecule has 0 N–H and O–H groups in total. The number of hydrogen-bond acceptors (Lipinski definition) is 2. The van der Waals surface area contributed by atoms with Gasteiger partial charge in [-0.05, 0) is 40.2 Å². The average molecular weight is 375 g/mol. The van der Waals surface area contributed by atoms with Gasteiger partial charge >= 0.3 is 0 Å². The lowest BCUT2D eigenvalue weighted by Gasteiger charge is -2.11. The van der Waals surface area contributed by atoms with E-state index >= 15 is 0 Å². The second kappa shape index (κ2) is 6.45. The summed E-state index contributed by atoms with van der Waals surface area (Å²) in [5.41, 5.74) is 1.06. The molecule has 2 aromatic carbocycles. The second-order valence-corrected chi connectivity index (χ2v) is 5.57. The largest absolute Gasteiger partial charge is 0.486 e. The van der Waals surface area contributed by atoms with Crippen LogP contribution >= 0.6 is 39.1 Å². The number of nitrogens with zero attached hydrogens (tertiary/aromatic N) is 1. The molecule has 2 aromatic rings. The van der Waals surface area contributed by atoms with Crippen LogP contribution in [-0.2, 0) is 6.61 Å². The third kappa shape index (κ3) is 3.43. The molecule has 0 heterocycles. The van der Waals surface area contributed by atoms with Crippen LogP contribution < -0.4 is 4.74 Å². The van der Waals surface area contributed by atoms with Crippen molar-refractivity contribution in [3.8, 4) is 11.8 Å². The maximum absolute atomic E-state index is 12.9. The summed E-state index contributed by atoms with van der Waals surface area (Å²) in [4.78, 5) is 0. The molecule has 0 fully saturated rings. The van der Waals surface area contributed by atoms with Crippen molar-refractivity contribution in [3.05, 3.63) is 61.8 Å².